The third kappa shape index (κ3) is 2.97. The number of hydrogen-bond acceptors (Lipinski definition) is 6. The van der Waals surface area contributed by atoms with Crippen LogP contribution in [-0.2, 0) is 4.74 Å². The summed E-state index contributed by atoms with van der Waals surface area (Å²) in [6.07, 6.45) is 4.20. The zero-order chi connectivity index (χ0) is 20.8. The number of aromatic amines is 2. The molecule has 4 aromatic rings. The lowest BCUT2D eigenvalue weighted by molar-refractivity contribution is -0.0322. The number of fused-ring (bicyclic) bond motifs is 1. The highest BCUT2D eigenvalue weighted by Crippen LogP contribution is 2.38. The van der Waals surface area contributed by atoms with Crippen LogP contribution in [0.1, 0.15) is 24.3 Å². The highest BCUT2D eigenvalue weighted by molar-refractivity contribution is 5.84. The van der Waals surface area contributed by atoms with Crippen molar-refractivity contribution in [3.05, 3.63) is 69.3 Å². The van der Waals surface area contributed by atoms with Crippen molar-refractivity contribution in [3.8, 4) is 11.3 Å². The van der Waals surface area contributed by atoms with E-state index in [1.54, 1.807) is 17.8 Å². The first-order chi connectivity index (χ1) is 14.5. The standard InChI is InChI=1S/C20H20N6O4/c1-11-9-25(20(29)23-19(11)28)18-7-15(17(10-27)30-18)26-16(8-22-24-26)13-2-3-14-12(6-13)4-5-21-14/h2-6,8-9,15,17-18,21,27H,7,10H2,1H3,(H,23,28,29)/t15-,17+,18+/m0/s1. The Balaban J connectivity index is 1.52. The first-order valence-corrected chi connectivity index (χ1v) is 9.61. The maximum atomic E-state index is 12.3. The van der Waals surface area contributed by atoms with Gasteiger partial charge in [0.15, 0.2) is 0 Å². The lowest BCUT2D eigenvalue weighted by Gasteiger charge is -2.18. The molecule has 10 nitrogen and oxygen atoms in total. The van der Waals surface area contributed by atoms with E-state index >= 15 is 0 Å². The van der Waals surface area contributed by atoms with Crippen molar-refractivity contribution in [2.75, 3.05) is 6.61 Å². The molecule has 3 aromatic heterocycles. The number of aryl methyl sites for hydroxylation is 1. The number of benzene rings is 1. The molecule has 154 valence electrons. The highest BCUT2D eigenvalue weighted by atomic mass is 16.5. The number of aliphatic hydroxyl groups excluding tert-OH is 1. The second-order valence-corrected chi connectivity index (χ2v) is 7.44. The number of nitrogens with zero attached hydrogens (tertiary/aromatic N) is 4. The maximum Gasteiger partial charge on any atom is 0.330 e. The Hall–Kier alpha value is -3.50. The molecular weight excluding hydrogens is 388 g/mol. The molecule has 10 heteroatoms. The summed E-state index contributed by atoms with van der Waals surface area (Å²) in [6, 6.07) is 7.66. The molecule has 3 atom stereocenters. The van der Waals surface area contributed by atoms with Gasteiger partial charge in [-0.3, -0.25) is 14.3 Å². The third-order valence-electron chi connectivity index (χ3n) is 5.58. The van der Waals surface area contributed by atoms with E-state index in [9.17, 15) is 14.7 Å². The monoisotopic (exact) mass is 408 g/mol. The summed E-state index contributed by atoms with van der Waals surface area (Å²) < 4.78 is 9.04. The van der Waals surface area contributed by atoms with Gasteiger partial charge >= 0.3 is 5.69 Å². The van der Waals surface area contributed by atoms with E-state index in [1.165, 1.54) is 10.8 Å². The van der Waals surface area contributed by atoms with Crippen molar-refractivity contribution in [2.45, 2.75) is 31.7 Å². The van der Waals surface area contributed by atoms with Crippen LogP contribution >= 0.6 is 0 Å². The Morgan fingerprint density at radius 1 is 1.30 bits per heavy atom. The molecule has 4 heterocycles. The summed E-state index contributed by atoms with van der Waals surface area (Å²) in [6.45, 7) is 1.38. The van der Waals surface area contributed by atoms with Crippen molar-refractivity contribution in [3.63, 3.8) is 0 Å². The lowest BCUT2D eigenvalue weighted by Crippen LogP contribution is -2.33. The lowest BCUT2D eigenvalue weighted by atomic mass is 10.1. The van der Waals surface area contributed by atoms with Crippen molar-refractivity contribution >= 4 is 10.9 Å². The normalized spacial score (nSPS) is 21.5. The molecule has 1 aliphatic heterocycles. The first kappa shape index (κ1) is 18.5. The largest absolute Gasteiger partial charge is 0.394 e. The molecule has 1 aromatic carbocycles. The summed E-state index contributed by atoms with van der Waals surface area (Å²) in [5, 5.41) is 19.3. The minimum atomic E-state index is -0.639. The Kier molecular flexibility index (Phi) is 4.37. The van der Waals surface area contributed by atoms with Gasteiger partial charge in [-0.15, -0.1) is 5.10 Å². The van der Waals surface area contributed by atoms with Crippen LogP contribution in [0.2, 0.25) is 0 Å². The molecule has 0 radical (unpaired) electrons. The molecule has 30 heavy (non-hydrogen) atoms. The number of nitrogens with one attached hydrogen (secondary N) is 2. The van der Waals surface area contributed by atoms with E-state index in [0.29, 0.717) is 12.0 Å². The topological polar surface area (TPSA) is 131 Å². The first-order valence-electron chi connectivity index (χ1n) is 9.61. The summed E-state index contributed by atoms with van der Waals surface area (Å²) in [7, 11) is 0. The average molecular weight is 408 g/mol. The number of aliphatic hydroxyl groups is 1. The molecule has 5 rings (SSSR count). The molecule has 1 fully saturated rings. The van der Waals surface area contributed by atoms with Crippen LogP contribution in [0.15, 0.2) is 52.4 Å². The van der Waals surface area contributed by atoms with Gasteiger partial charge in [-0.25, -0.2) is 9.48 Å². The van der Waals surface area contributed by atoms with Crippen molar-refractivity contribution < 1.29 is 9.84 Å². The quantitative estimate of drug-likeness (QED) is 0.464. The minimum absolute atomic E-state index is 0.242. The molecule has 0 aliphatic carbocycles. The zero-order valence-electron chi connectivity index (χ0n) is 16.1. The fourth-order valence-corrected chi connectivity index (χ4v) is 4.02. The minimum Gasteiger partial charge on any atom is -0.394 e. The molecule has 0 spiro atoms. The fraction of sp³-hybridized carbons (Fsp3) is 0.300. The second-order valence-electron chi connectivity index (χ2n) is 7.44. The molecule has 1 aliphatic rings. The smallest absolute Gasteiger partial charge is 0.330 e. The third-order valence-corrected chi connectivity index (χ3v) is 5.58. The Morgan fingerprint density at radius 3 is 3.00 bits per heavy atom. The van der Waals surface area contributed by atoms with E-state index in [0.717, 1.165) is 22.2 Å². The average Bonchev–Trinajstić information content (AvgIpc) is 3.48. The molecule has 3 N–H and O–H groups in total. The SMILES string of the molecule is Cc1cn([C@H]2C[C@H](n3nncc3-c3ccc4[nH]ccc4c3)[C@@H](CO)O2)c(=O)[nH]c1=O. The highest BCUT2D eigenvalue weighted by Gasteiger charge is 2.39. The molecule has 0 unspecified atom stereocenters. The molecule has 0 saturated carbocycles. The second kappa shape index (κ2) is 7.08. The van der Waals surface area contributed by atoms with Crippen LogP contribution in [0.25, 0.3) is 22.2 Å². The van der Waals surface area contributed by atoms with Gasteiger partial charge in [0, 0.05) is 40.8 Å². The van der Waals surface area contributed by atoms with Gasteiger partial charge in [-0.05, 0) is 25.1 Å². The van der Waals surface area contributed by atoms with Crippen molar-refractivity contribution in [1.82, 2.24) is 29.5 Å². The van der Waals surface area contributed by atoms with Crippen LogP contribution in [-0.4, -0.2) is 47.3 Å². The van der Waals surface area contributed by atoms with Crippen LogP contribution < -0.4 is 11.2 Å². The summed E-state index contributed by atoms with van der Waals surface area (Å²) >= 11 is 0. The van der Waals surface area contributed by atoms with E-state index in [-0.39, 0.29) is 12.6 Å². The van der Waals surface area contributed by atoms with Crippen LogP contribution in [0.5, 0.6) is 0 Å². The van der Waals surface area contributed by atoms with Gasteiger partial charge in [0.05, 0.1) is 24.5 Å². The van der Waals surface area contributed by atoms with E-state index in [1.807, 2.05) is 30.5 Å². The van der Waals surface area contributed by atoms with E-state index < -0.39 is 23.6 Å². The van der Waals surface area contributed by atoms with Gasteiger partial charge in [-0.1, -0.05) is 11.3 Å². The molecule has 0 bridgehead atoms. The summed E-state index contributed by atoms with van der Waals surface area (Å²) in [5.74, 6) is 0. The predicted octanol–water partition coefficient (Wildman–Crippen LogP) is 1.11. The predicted molar refractivity (Wildman–Crippen MR) is 108 cm³/mol. The van der Waals surface area contributed by atoms with Gasteiger partial charge in [-0.2, -0.15) is 0 Å². The Labute approximate surface area is 169 Å². The van der Waals surface area contributed by atoms with Gasteiger partial charge < -0.3 is 14.8 Å². The van der Waals surface area contributed by atoms with E-state index in [4.69, 9.17) is 4.74 Å². The number of hydrogen-bond donors (Lipinski definition) is 3. The maximum absolute atomic E-state index is 12.3. The van der Waals surface area contributed by atoms with Gasteiger partial charge in [0.2, 0.25) is 0 Å². The number of ether oxygens (including phenoxy) is 1. The summed E-state index contributed by atoms with van der Waals surface area (Å²) in [4.78, 5) is 29.4. The Bertz CT molecular complexity index is 1330. The van der Waals surface area contributed by atoms with Crippen LogP contribution in [0.3, 0.4) is 0 Å². The van der Waals surface area contributed by atoms with Gasteiger partial charge in [0.1, 0.15) is 12.3 Å². The number of H-pyrrole nitrogens is 2. The number of rotatable bonds is 4. The molecular formula is C20H20N6O4. The number of aromatic nitrogens is 6. The Morgan fingerprint density at radius 2 is 2.17 bits per heavy atom. The molecule has 1 saturated heterocycles. The van der Waals surface area contributed by atoms with Crippen LogP contribution in [0.4, 0.5) is 0 Å². The van der Waals surface area contributed by atoms with Gasteiger partial charge in [0.25, 0.3) is 5.56 Å². The van der Waals surface area contributed by atoms with Crippen LogP contribution in [0, 0.1) is 6.92 Å². The van der Waals surface area contributed by atoms with Crippen molar-refractivity contribution in [2.24, 2.45) is 0 Å². The van der Waals surface area contributed by atoms with Crippen molar-refractivity contribution in [1.29, 1.82) is 0 Å². The fourth-order valence-electron chi connectivity index (χ4n) is 4.02. The molecule has 0 amide bonds. The van der Waals surface area contributed by atoms with E-state index in [2.05, 4.69) is 20.3 Å². The zero-order valence-corrected chi connectivity index (χ0v) is 16.1. The summed E-state index contributed by atoms with van der Waals surface area (Å²) in [5.41, 5.74) is 2.18.